The molecule has 150 valence electrons. The van der Waals surface area contributed by atoms with E-state index in [2.05, 4.69) is 4.90 Å². The van der Waals surface area contributed by atoms with Crippen LogP contribution in [0, 0.1) is 6.92 Å². The normalized spacial score (nSPS) is 11.6. The molecule has 2 aromatic carbocycles. The van der Waals surface area contributed by atoms with Crippen LogP contribution < -0.4 is 4.90 Å². The fourth-order valence-corrected chi connectivity index (χ4v) is 4.46. The maximum absolute atomic E-state index is 13.4. The summed E-state index contributed by atoms with van der Waals surface area (Å²) < 4.78 is 6.84. The fraction of sp³-hybridized carbons (Fsp3) is 0.273. The first-order valence-corrected chi connectivity index (χ1v) is 10.6. The number of rotatable bonds is 6. The van der Waals surface area contributed by atoms with Crippen molar-refractivity contribution in [3.8, 4) is 0 Å². The summed E-state index contributed by atoms with van der Waals surface area (Å²) in [5, 5.41) is 2.25. The third-order valence-electron chi connectivity index (χ3n) is 4.84. The number of aryl methyl sites for hydroxylation is 1. The van der Waals surface area contributed by atoms with Gasteiger partial charge in [0.25, 0.3) is 5.91 Å². The molecular formula is C22H22ClN3O2S. The van der Waals surface area contributed by atoms with Crippen molar-refractivity contribution >= 4 is 55.2 Å². The summed E-state index contributed by atoms with van der Waals surface area (Å²) in [5.41, 5.74) is 2.47. The zero-order chi connectivity index (χ0) is 20.5. The number of furan rings is 1. The molecule has 1 amide bonds. The molecule has 4 rings (SSSR count). The lowest BCUT2D eigenvalue weighted by atomic mass is 10.2. The van der Waals surface area contributed by atoms with Crippen LogP contribution in [0.4, 0.5) is 5.13 Å². The molecule has 29 heavy (non-hydrogen) atoms. The monoisotopic (exact) mass is 427 g/mol. The van der Waals surface area contributed by atoms with Crippen LogP contribution in [0.3, 0.4) is 0 Å². The van der Waals surface area contributed by atoms with Crippen LogP contribution >= 0.6 is 22.9 Å². The van der Waals surface area contributed by atoms with Gasteiger partial charge in [-0.05, 0) is 63.8 Å². The molecule has 7 heteroatoms. The number of hydrogen-bond acceptors (Lipinski definition) is 5. The highest BCUT2D eigenvalue weighted by atomic mass is 35.5. The Kier molecular flexibility index (Phi) is 5.58. The van der Waals surface area contributed by atoms with E-state index < -0.39 is 0 Å². The first-order valence-electron chi connectivity index (χ1n) is 9.45. The highest BCUT2D eigenvalue weighted by Crippen LogP contribution is 2.34. The van der Waals surface area contributed by atoms with Gasteiger partial charge in [0, 0.05) is 17.0 Å². The van der Waals surface area contributed by atoms with E-state index in [1.165, 1.54) is 11.3 Å². The van der Waals surface area contributed by atoms with E-state index in [0.717, 1.165) is 34.1 Å². The van der Waals surface area contributed by atoms with Crippen molar-refractivity contribution in [3.05, 3.63) is 58.8 Å². The van der Waals surface area contributed by atoms with Gasteiger partial charge in [-0.15, -0.1) is 0 Å². The summed E-state index contributed by atoms with van der Waals surface area (Å²) >= 11 is 7.76. The molecule has 2 aromatic heterocycles. The quantitative estimate of drug-likeness (QED) is 0.401. The molecule has 0 spiro atoms. The number of thiazole rings is 1. The van der Waals surface area contributed by atoms with Crippen LogP contribution in [0.1, 0.15) is 22.5 Å². The molecule has 0 aliphatic heterocycles. The topological polar surface area (TPSA) is 49.6 Å². The van der Waals surface area contributed by atoms with Crippen LogP contribution in [0.15, 0.2) is 46.9 Å². The zero-order valence-electron chi connectivity index (χ0n) is 16.6. The number of carbonyl (C=O) groups excluding carboxylic acids is 1. The Hall–Kier alpha value is -2.41. The van der Waals surface area contributed by atoms with E-state index in [0.29, 0.717) is 28.0 Å². The third kappa shape index (κ3) is 4.01. The van der Waals surface area contributed by atoms with Gasteiger partial charge in [0.15, 0.2) is 10.9 Å². The second-order valence-electron chi connectivity index (χ2n) is 7.28. The number of para-hydroxylation sites is 1. The summed E-state index contributed by atoms with van der Waals surface area (Å²) in [6.07, 6.45) is 0.828. The van der Waals surface area contributed by atoms with Crippen LogP contribution in [0.2, 0.25) is 5.02 Å². The first-order chi connectivity index (χ1) is 13.9. The van der Waals surface area contributed by atoms with Crippen molar-refractivity contribution in [1.29, 1.82) is 0 Å². The number of hydrogen-bond donors (Lipinski definition) is 0. The molecule has 0 atom stereocenters. The molecule has 0 saturated heterocycles. The maximum Gasteiger partial charge on any atom is 0.295 e. The SMILES string of the molecule is Cc1c(Cl)ccc2sc(N(CCCN(C)C)C(=O)c3cc4ccccc4o3)nc12. The van der Waals surface area contributed by atoms with Gasteiger partial charge in [-0.2, -0.15) is 0 Å². The fourth-order valence-electron chi connectivity index (χ4n) is 3.25. The van der Waals surface area contributed by atoms with E-state index in [9.17, 15) is 4.79 Å². The Labute approximate surface area is 178 Å². The Bertz CT molecular complexity index is 1150. The molecule has 4 aromatic rings. The van der Waals surface area contributed by atoms with Crippen molar-refractivity contribution in [2.75, 3.05) is 32.1 Å². The summed E-state index contributed by atoms with van der Waals surface area (Å²) in [4.78, 5) is 22.0. The largest absolute Gasteiger partial charge is 0.451 e. The summed E-state index contributed by atoms with van der Waals surface area (Å²) in [6, 6.07) is 13.3. The molecule has 0 N–H and O–H groups in total. The molecule has 0 radical (unpaired) electrons. The number of carbonyl (C=O) groups is 1. The summed E-state index contributed by atoms with van der Waals surface area (Å²) in [5.74, 6) is 0.146. The first kappa shape index (κ1) is 19.9. The van der Waals surface area contributed by atoms with Gasteiger partial charge >= 0.3 is 0 Å². The zero-order valence-corrected chi connectivity index (χ0v) is 18.2. The average molecular weight is 428 g/mol. The van der Waals surface area contributed by atoms with Crippen LogP contribution in [0.5, 0.6) is 0 Å². The molecular weight excluding hydrogens is 406 g/mol. The number of halogens is 1. The number of amides is 1. The van der Waals surface area contributed by atoms with E-state index in [1.807, 2.05) is 57.4 Å². The molecule has 2 heterocycles. The minimum absolute atomic E-state index is 0.178. The molecule has 0 bridgehead atoms. The lowest BCUT2D eigenvalue weighted by Crippen LogP contribution is -2.33. The van der Waals surface area contributed by atoms with Gasteiger partial charge in [-0.3, -0.25) is 9.69 Å². The lowest BCUT2D eigenvalue weighted by Gasteiger charge is -2.19. The third-order valence-corrected chi connectivity index (χ3v) is 6.29. The minimum Gasteiger partial charge on any atom is -0.451 e. The second-order valence-corrected chi connectivity index (χ2v) is 8.69. The van der Waals surface area contributed by atoms with Gasteiger partial charge in [0.2, 0.25) is 0 Å². The van der Waals surface area contributed by atoms with E-state index in [-0.39, 0.29) is 5.91 Å². The molecule has 0 saturated carbocycles. The standard InChI is InChI=1S/C22H22ClN3O2S/c1-14-16(23)9-10-19-20(14)24-22(29-19)26(12-6-11-25(2)3)21(27)18-13-15-7-4-5-8-17(15)28-18/h4-5,7-10,13H,6,11-12H2,1-3H3. The van der Waals surface area contributed by atoms with Gasteiger partial charge in [0.1, 0.15) is 5.58 Å². The average Bonchev–Trinajstić information content (AvgIpc) is 3.32. The van der Waals surface area contributed by atoms with Gasteiger partial charge in [-0.25, -0.2) is 4.98 Å². The van der Waals surface area contributed by atoms with Crippen molar-refractivity contribution < 1.29 is 9.21 Å². The molecule has 0 fully saturated rings. The predicted octanol–water partition coefficient (Wildman–Crippen LogP) is 5.60. The number of nitrogens with zero attached hydrogens (tertiary/aromatic N) is 3. The smallest absolute Gasteiger partial charge is 0.295 e. The van der Waals surface area contributed by atoms with Crippen LogP contribution in [-0.2, 0) is 0 Å². The summed E-state index contributed by atoms with van der Waals surface area (Å²) in [6.45, 7) is 3.38. The van der Waals surface area contributed by atoms with Crippen LogP contribution in [0.25, 0.3) is 21.2 Å². The highest BCUT2D eigenvalue weighted by Gasteiger charge is 2.24. The molecule has 0 aliphatic rings. The Morgan fingerprint density at radius 2 is 1.97 bits per heavy atom. The lowest BCUT2D eigenvalue weighted by molar-refractivity contribution is 0.0961. The molecule has 5 nitrogen and oxygen atoms in total. The van der Waals surface area contributed by atoms with Gasteiger partial charge in [0.05, 0.1) is 10.2 Å². The number of fused-ring (bicyclic) bond motifs is 2. The number of anilines is 1. The van der Waals surface area contributed by atoms with E-state index in [4.69, 9.17) is 21.0 Å². The van der Waals surface area contributed by atoms with Crippen molar-refractivity contribution in [1.82, 2.24) is 9.88 Å². The Morgan fingerprint density at radius 3 is 2.72 bits per heavy atom. The van der Waals surface area contributed by atoms with Crippen LogP contribution in [-0.4, -0.2) is 43.0 Å². The second kappa shape index (κ2) is 8.14. The number of benzene rings is 2. The highest BCUT2D eigenvalue weighted by molar-refractivity contribution is 7.22. The van der Waals surface area contributed by atoms with E-state index in [1.54, 1.807) is 11.0 Å². The van der Waals surface area contributed by atoms with Gasteiger partial charge in [-0.1, -0.05) is 41.1 Å². The van der Waals surface area contributed by atoms with Crippen molar-refractivity contribution in [2.45, 2.75) is 13.3 Å². The minimum atomic E-state index is -0.178. The number of aromatic nitrogens is 1. The van der Waals surface area contributed by atoms with Crippen molar-refractivity contribution in [3.63, 3.8) is 0 Å². The Morgan fingerprint density at radius 1 is 1.17 bits per heavy atom. The van der Waals surface area contributed by atoms with Crippen molar-refractivity contribution in [2.24, 2.45) is 0 Å². The summed E-state index contributed by atoms with van der Waals surface area (Å²) in [7, 11) is 4.04. The van der Waals surface area contributed by atoms with E-state index >= 15 is 0 Å². The Balaban J connectivity index is 1.72. The maximum atomic E-state index is 13.4. The van der Waals surface area contributed by atoms with Gasteiger partial charge < -0.3 is 9.32 Å². The molecule has 0 unspecified atom stereocenters. The predicted molar refractivity (Wildman–Crippen MR) is 120 cm³/mol. The molecule has 0 aliphatic carbocycles.